The summed E-state index contributed by atoms with van der Waals surface area (Å²) < 4.78 is 40.0. The van der Waals surface area contributed by atoms with E-state index in [0.717, 1.165) is 48.6 Å². The normalized spacial score (nSPS) is 16.9. The van der Waals surface area contributed by atoms with Crippen LogP contribution < -0.4 is 5.32 Å². The fraction of sp³-hybridized carbons (Fsp3) is 0.308. The van der Waals surface area contributed by atoms with E-state index < -0.39 is 28.7 Å². The van der Waals surface area contributed by atoms with E-state index in [1.165, 1.54) is 12.1 Å². The molecule has 0 unspecified atom stereocenters. The second-order valence-corrected chi connectivity index (χ2v) is 8.90. The molecule has 2 atom stereocenters. The number of hydrogen-bond acceptors (Lipinski definition) is 3. The van der Waals surface area contributed by atoms with Crippen LogP contribution in [0.2, 0.25) is 5.02 Å². The first-order chi connectivity index (χ1) is 16.3. The molecule has 36 heavy (non-hydrogen) atoms. The van der Waals surface area contributed by atoms with Gasteiger partial charge in [-0.25, -0.2) is 0 Å². The third-order valence-corrected chi connectivity index (χ3v) is 6.69. The van der Waals surface area contributed by atoms with Crippen molar-refractivity contribution in [1.82, 2.24) is 15.2 Å². The molecule has 1 aliphatic rings. The average molecular weight is 561 g/mol. The van der Waals surface area contributed by atoms with Crippen LogP contribution in [0.4, 0.5) is 13.2 Å². The van der Waals surface area contributed by atoms with Crippen molar-refractivity contribution in [3.8, 4) is 11.1 Å². The number of carbonyl (C=O) groups is 1. The molecule has 0 bridgehead atoms. The average Bonchev–Trinajstić information content (AvgIpc) is 2.83. The maximum Gasteiger partial charge on any atom is 0.417 e. The highest BCUT2D eigenvalue weighted by molar-refractivity contribution is 6.34. The molecule has 194 valence electrons. The van der Waals surface area contributed by atoms with Gasteiger partial charge in [-0.2, -0.15) is 13.2 Å². The molecule has 1 aromatic heterocycles. The van der Waals surface area contributed by atoms with E-state index in [4.69, 9.17) is 11.6 Å². The summed E-state index contributed by atoms with van der Waals surface area (Å²) in [6.45, 7) is 0.879. The molecule has 4 rings (SSSR count). The summed E-state index contributed by atoms with van der Waals surface area (Å²) in [5.74, 6) is -0.633. The molecular weight excluding hydrogens is 534 g/mol. The van der Waals surface area contributed by atoms with Gasteiger partial charge in [-0.15, -0.1) is 24.8 Å². The molecule has 10 heteroatoms. The number of alkyl halides is 3. The first-order valence-electron chi connectivity index (χ1n) is 11.1. The number of piperidine rings is 1. The zero-order valence-corrected chi connectivity index (χ0v) is 21.9. The second-order valence-electron chi connectivity index (χ2n) is 8.53. The lowest BCUT2D eigenvalue weighted by Crippen LogP contribution is -2.47. The van der Waals surface area contributed by atoms with E-state index in [1.807, 2.05) is 43.4 Å². The van der Waals surface area contributed by atoms with E-state index in [-0.39, 0.29) is 36.4 Å². The Morgan fingerprint density at radius 1 is 1.08 bits per heavy atom. The molecule has 2 aromatic carbocycles. The van der Waals surface area contributed by atoms with Crippen molar-refractivity contribution in [2.24, 2.45) is 0 Å². The Balaban J connectivity index is 0.00000228. The fourth-order valence-corrected chi connectivity index (χ4v) is 4.83. The van der Waals surface area contributed by atoms with Gasteiger partial charge >= 0.3 is 6.18 Å². The van der Waals surface area contributed by atoms with Crippen LogP contribution in [0.25, 0.3) is 11.1 Å². The van der Waals surface area contributed by atoms with Gasteiger partial charge in [-0.3, -0.25) is 9.78 Å². The highest BCUT2D eigenvalue weighted by Crippen LogP contribution is 2.37. The molecule has 1 amide bonds. The summed E-state index contributed by atoms with van der Waals surface area (Å²) in [5.41, 5.74) is 1.54. The van der Waals surface area contributed by atoms with Gasteiger partial charge in [0.1, 0.15) is 0 Å². The Kier molecular flexibility index (Phi) is 10.6. The number of aromatic nitrogens is 1. The van der Waals surface area contributed by atoms with Crippen LogP contribution in [0.5, 0.6) is 0 Å². The molecule has 0 radical (unpaired) electrons. The Hall–Kier alpha value is -2.32. The van der Waals surface area contributed by atoms with Gasteiger partial charge in [0.05, 0.1) is 22.2 Å². The lowest BCUT2D eigenvalue weighted by molar-refractivity contribution is -0.137. The fourth-order valence-electron chi connectivity index (χ4n) is 4.51. The number of halogens is 6. The zero-order chi connectivity index (χ0) is 24.3. The first kappa shape index (κ1) is 29.9. The number of likely N-dealkylation sites (N-methyl/N-ethyl adjacent to an activating group) is 1. The molecule has 4 nitrogen and oxygen atoms in total. The summed E-state index contributed by atoms with van der Waals surface area (Å²) in [5, 5.41) is 2.41. The van der Waals surface area contributed by atoms with Crippen LogP contribution in [0, 0.1) is 0 Å². The van der Waals surface area contributed by atoms with Crippen molar-refractivity contribution in [3.63, 3.8) is 0 Å². The Labute approximate surface area is 226 Å². The molecule has 1 aliphatic heterocycles. The van der Waals surface area contributed by atoms with E-state index in [2.05, 4.69) is 15.2 Å². The number of pyridine rings is 1. The van der Waals surface area contributed by atoms with Crippen molar-refractivity contribution in [2.75, 3.05) is 13.6 Å². The quantitative estimate of drug-likeness (QED) is 0.358. The Bertz CT molecular complexity index is 1160. The maximum absolute atomic E-state index is 13.3. The van der Waals surface area contributed by atoms with Crippen LogP contribution in [0.1, 0.15) is 46.8 Å². The molecule has 3 aromatic rings. The van der Waals surface area contributed by atoms with Crippen LogP contribution in [-0.4, -0.2) is 35.4 Å². The third-order valence-electron chi connectivity index (χ3n) is 6.29. The molecular formula is C26H27Cl3F3N3O. The number of nitrogens with one attached hydrogen (secondary N) is 1. The van der Waals surface area contributed by atoms with Crippen molar-refractivity contribution in [1.29, 1.82) is 0 Å². The number of hydrogen-bond donors (Lipinski definition) is 1. The predicted molar refractivity (Wildman–Crippen MR) is 141 cm³/mol. The summed E-state index contributed by atoms with van der Waals surface area (Å²) in [7, 11) is 2.01. The highest BCUT2D eigenvalue weighted by Gasteiger charge is 2.36. The van der Waals surface area contributed by atoms with E-state index in [0.29, 0.717) is 0 Å². The topological polar surface area (TPSA) is 45.2 Å². The SMILES string of the molecule is CN1CCCC[C@H]1[C@@H](NC(=O)c1cccc(C(F)(F)F)c1Cl)c1cccc(-c2cccnc2)c1.Cl.Cl. The van der Waals surface area contributed by atoms with Crippen LogP contribution >= 0.6 is 36.4 Å². The number of benzene rings is 2. The molecule has 0 saturated carbocycles. The minimum atomic E-state index is -4.64. The molecule has 1 saturated heterocycles. The van der Waals surface area contributed by atoms with E-state index >= 15 is 0 Å². The largest absolute Gasteiger partial charge is 0.417 e. The minimum Gasteiger partial charge on any atom is -0.344 e. The highest BCUT2D eigenvalue weighted by atomic mass is 35.5. The lowest BCUT2D eigenvalue weighted by atomic mass is 9.89. The number of amides is 1. The van der Waals surface area contributed by atoms with Crippen LogP contribution in [0.15, 0.2) is 67.0 Å². The smallest absolute Gasteiger partial charge is 0.344 e. The minimum absolute atomic E-state index is 0. The molecule has 1 fully saturated rings. The Morgan fingerprint density at radius 3 is 2.47 bits per heavy atom. The standard InChI is InChI=1S/C26H25ClF3N3O.2ClH/c1-33-14-3-2-12-22(33)24(18-8-4-7-17(15-18)19-9-6-13-31-16-19)32-25(34)20-10-5-11-21(23(20)27)26(28,29)30;;/h4-11,13,15-16,22,24H,2-3,12,14H2,1H3,(H,32,34);2*1H/t22-,24-;;/m0../s1. The molecule has 0 aliphatic carbocycles. The number of nitrogens with zero attached hydrogens (tertiary/aromatic N) is 2. The van der Waals surface area contributed by atoms with Crippen molar-refractivity contribution >= 4 is 42.3 Å². The van der Waals surface area contributed by atoms with E-state index in [1.54, 1.807) is 12.4 Å². The third kappa shape index (κ3) is 6.71. The van der Waals surface area contributed by atoms with Crippen LogP contribution in [0.3, 0.4) is 0 Å². The van der Waals surface area contributed by atoms with Gasteiger partial charge in [0, 0.05) is 18.4 Å². The monoisotopic (exact) mass is 559 g/mol. The Morgan fingerprint density at radius 2 is 1.81 bits per heavy atom. The summed E-state index contributed by atoms with van der Waals surface area (Å²) >= 11 is 6.04. The summed E-state index contributed by atoms with van der Waals surface area (Å²) in [6.07, 6.45) is 1.74. The van der Waals surface area contributed by atoms with Gasteiger partial charge < -0.3 is 10.2 Å². The van der Waals surface area contributed by atoms with Gasteiger partial charge in [-0.1, -0.05) is 48.4 Å². The predicted octanol–water partition coefficient (Wildman–Crippen LogP) is 7.22. The van der Waals surface area contributed by atoms with Gasteiger partial charge in [0.2, 0.25) is 0 Å². The maximum atomic E-state index is 13.3. The van der Waals surface area contributed by atoms with Gasteiger partial charge in [-0.05, 0) is 67.4 Å². The number of likely N-dealkylation sites (tertiary alicyclic amines) is 1. The van der Waals surface area contributed by atoms with Crippen molar-refractivity contribution in [2.45, 2.75) is 37.5 Å². The number of rotatable bonds is 5. The van der Waals surface area contributed by atoms with E-state index in [9.17, 15) is 18.0 Å². The van der Waals surface area contributed by atoms with Crippen molar-refractivity contribution in [3.05, 3.63) is 88.7 Å². The second kappa shape index (κ2) is 12.8. The molecule has 1 N–H and O–H groups in total. The number of carbonyl (C=O) groups excluding carboxylic acids is 1. The molecule has 2 heterocycles. The summed E-state index contributed by atoms with van der Waals surface area (Å²) in [4.78, 5) is 19.6. The van der Waals surface area contributed by atoms with Crippen molar-refractivity contribution < 1.29 is 18.0 Å². The summed E-state index contributed by atoms with van der Waals surface area (Å²) in [6, 6.07) is 14.6. The van der Waals surface area contributed by atoms with Crippen LogP contribution in [-0.2, 0) is 6.18 Å². The van der Waals surface area contributed by atoms with Gasteiger partial charge in [0.15, 0.2) is 0 Å². The first-order valence-corrected chi connectivity index (χ1v) is 11.5. The molecule has 0 spiro atoms. The lowest BCUT2D eigenvalue weighted by Gasteiger charge is -2.39. The van der Waals surface area contributed by atoms with Gasteiger partial charge in [0.25, 0.3) is 5.91 Å². The zero-order valence-electron chi connectivity index (χ0n) is 19.5.